The lowest BCUT2D eigenvalue weighted by atomic mass is 10.1. The van der Waals surface area contributed by atoms with Crippen LogP contribution in [-0.4, -0.2) is 55.0 Å². The first-order valence-corrected chi connectivity index (χ1v) is 16.7. The van der Waals surface area contributed by atoms with E-state index in [4.69, 9.17) is 43.5 Å². The van der Waals surface area contributed by atoms with Crippen molar-refractivity contribution in [1.29, 1.82) is 0 Å². The van der Waals surface area contributed by atoms with Gasteiger partial charge in [0.1, 0.15) is 0 Å². The maximum atomic E-state index is 12.7. The van der Waals surface area contributed by atoms with Crippen molar-refractivity contribution in [2.45, 2.75) is 64.1 Å². The van der Waals surface area contributed by atoms with E-state index in [1.807, 2.05) is 45.8 Å². The average Bonchev–Trinajstić information content (AvgIpc) is 3.76. The molecule has 0 spiro atoms. The normalized spacial score (nSPS) is 18.8. The van der Waals surface area contributed by atoms with Gasteiger partial charge in [-0.25, -0.2) is 9.36 Å². The minimum atomic E-state index is -0.292. The van der Waals surface area contributed by atoms with Gasteiger partial charge >= 0.3 is 0 Å². The largest absolute Gasteiger partial charge is 0.412 e. The molecule has 3 aliphatic rings. The molecule has 2 saturated heterocycles. The van der Waals surface area contributed by atoms with Crippen molar-refractivity contribution in [3.05, 3.63) is 93.2 Å². The average molecular weight is 712 g/mol. The van der Waals surface area contributed by atoms with Crippen LogP contribution in [-0.2, 0) is 22.6 Å². The molecule has 2 aromatic heterocycles. The quantitative estimate of drug-likeness (QED) is 0.127. The minimum absolute atomic E-state index is 0. The van der Waals surface area contributed by atoms with Gasteiger partial charge in [0.25, 0.3) is 11.8 Å². The van der Waals surface area contributed by atoms with Crippen LogP contribution < -0.4 is 17.4 Å². The summed E-state index contributed by atoms with van der Waals surface area (Å²) in [6.45, 7) is 2.02. The highest BCUT2D eigenvalue weighted by Gasteiger charge is 2.36. The number of nitrogens with two attached hydrogens (primary N) is 3. The second-order valence-electron chi connectivity index (χ2n) is 11.7. The first kappa shape index (κ1) is 36.4. The molecule has 2 fully saturated rings. The molecule has 0 saturated carbocycles. The van der Waals surface area contributed by atoms with Gasteiger partial charge in [0.2, 0.25) is 0 Å². The summed E-state index contributed by atoms with van der Waals surface area (Å²) in [5, 5.41) is 12.5. The molecular formula is C34H40Cl2N8O5. The summed E-state index contributed by atoms with van der Waals surface area (Å²) < 4.78 is 15.5. The number of nitrogens with zero attached hydrogens (tertiary/aromatic N) is 5. The summed E-state index contributed by atoms with van der Waals surface area (Å²) in [6.07, 6.45) is 6.20. The fourth-order valence-corrected chi connectivity index (χ4v) is 6.77. The molecule has 2 amide bonds. The van der Waals surface area contributed by atoms with Crippen LogP contribution >= 0.6 is 23.2 Å². The zero-order valence-electron chi connectivity index (χ0n) is 26.9. The van der Waals surface area contributed by atoms with E-state index >= 15 is 0 Å². The zero-order valence-corrected chi connectivity index (χ0v) is 28.4. The van der Waals surface area contributed by atoms with E-state index in [9.17, 15) is 9.59 Å². The molecule has 13 nitrogen and oxygen atoms in total. The Morgan fingerprint density at radius 2 is 1.18 bits per heavy atom. The third-order valence-electron chi connectivity index (χ3n) is 8.73. The number of fused-ring (bicyclic) bond motifs is 3. The molecule has 260 valence electrons. The van der Waals surface area contributed by atoms with Crippen molar-refractivity contribution in [2.75, 3.05) is 13.2 Å². The van der Waals surface area contributed by atoms with Crippen LogP contribution in [0.4, 0.5) is 0 Å². The molecule has 0 aliphatic carbocycles. The van der Waals surface area contributed by atoms with E-state index in [0.29, 0.717) is 40.0 Å². The van der Waals surface area contributed by atoms with E-state index < -0.39 is 0 Å². The number of carbonyl (C=O) groups is 2. The van der Waals surface area contributed by atoms with Gasteiger partial charge in [0, 0.05) is 40.6 Å². The zero-order chi connectivity index (χ0) is 33.8. The highest BCUT2D eigenvalue weighted by molar-refractivity contribution is 6.31. The monoisotopic (exact) mass is 710 g/mol. The highest BCUT2D eigenvalue weighted by Crippen LogP contribution is 2.33. The van der Waals surface area contributed by atoms with E-state index in [0.717, 1.165) is 66.2 Å². The van der Waals surface area contributed by atoms with Gasteiger partial charge in [0.05, 0.1) is 40.1 Å². The molecule has 5 aromatic rings. The maximum Gasteiger partial charge on any atom is 0.261 e. The number of aromatic nitrogens is 4. The smallest absolute Gasteiger partial charge is 0.261 e. The number of carbonyl (C=O) groups excluding carboxylic acids is 2. The van der Waals surface area contributed by atoms with Crippen LogP contribution in [0.2, 0.25) is 10.0 Å². The van der Waals surface area contributed by atoms with Crippen molar-refractivity contribution in [3.8, 4) is 0 Å². The van der Waals surface area contributed by atoms with Gasteiger partial charge in [-0.15, -0.1) is 0 Å². The first-order valence-electron chi connectivity index (χ1n) is 16.0. The summed E-state index contributed by atoms with van der Waals surface area (Å²) in [5.74, 6) is 7.42. The summed E-state index contributed by atoms with van der Waals surface area (Å²) in [7, 11) is 0. The van der Waals surface area contributed by atoms with Crippen molar-refractivity contribution < 1.29 is 24.5 Å². The number of amides is 2. The third-order valence-corrected chi connectivity index (χ3v) is 9.20. The molecular weight excluding hydrogens is 671 g/mol. The predicted molar refractivity (Wildman–Crippen MR) is 188 cm³/mol. The Labute approximate surface area is 293 Å². The summed E-state index contributed by atoms with van der Waals surface area (Å²) >= 11 is 12.3. The molecule has 8 rings (SSSR count). The second kappa shape index (κ2) is 16.2. The minimum Gasteiger partial charge on any atom is -0.412 e. The van der Waals surface area contributed by atoms with Gasteiger partial charge in [-0.3, -0.25) is 26.2 Å². The lowest BCUT2D eigenvalue weighted by Gasteiger charge is -2.23. The number of hydrogen-bond acceptors (Lipinski definition) is 9. The van der Waals surface area contributed by atoms with E-state index in [1.165, 1.54) is 11.3 Å². The SMILES string of the molecule is NCc1nn(C2CCCCO2)c2ccc(Cl)cc12.NN.O.O=C1c2ccccc2C(=O)N1Cc1nn(C2CCCCO2)c2ccc(Cl)cc12. The lowest BCUT2D eigenvalue weighted by Crippen LogP contribution is -2.29. The summed E-state index contributed by atoms with van der Waals surface area (Å²) in [5.41, 5.74) is 10.1. The fraction of sp³-hybridized carbons (Fsp3) is 0.353. The van der Waals surface area contributed by atoms with Crippen LogP contribution in [0.1, 0.15) is 83.1 Å². The molecule has 3 aromatic carbocycles. The van der Waals surface area contributed by atoms with Gasteiger partial charge in [-0.1, -0.05) is 35.3 Å². The van der Waals surface area contributed by atoms with Crippen LogP contribution in [0.15, 0.2) is 60.7 Å². The Hall–Kier alpha value is -3.92. The molecule has 2 atom stereocenters. The molecule has 5 heterocycles. The number of rotatable bonds is 5. The van der Waals surface area contributed by atoms with E-state index in [-0.39, 0.29) is 36.3 Å². The van der Waals surface area contributed by atoms with Crippen LogP contribution in [0.25, 0.3) is 21.8 Å². The Kier molecular flexibility index (Phi) is 12.0. The Morgan fingerprint density at radius 1 is 0.714 bits per heavy atom. The van der Waals surface area contributed by atoms with E-state index in [1.54, 1.807) is 24.3 Å². The van der Waals surface area contributed by atoms with Crippen LogP contribution in [0.5, 0.6) is 0 Å². The number of hydrogen-bond donors (Lipinski definition) is 3. The summed E-state index contributed by atoms with van der Waals surface area (Å²) in [6, 6.07) is 18.2. The topological polar surface area (TPSA) is 201 Å². The standard InChI is InChI=1S/C21H18ClN3O3.C13H16ClN3O.H4N2.H2O/c22-13-8-9-18-16(11-13)17(23-25(18)19-7-3-4-10-28-19)12-24-20(26)14-5-1-2-6-15(14)21(24)27;14-9-4-5-12-10(7-9)11(8-15)16-17(12)13-3-1-2-6-18-13;1-2;/h1-2,5-6,8-9,11,19H,3-4,7,10,12H2;4-5,7,13H,1-3,6,8,15H2;1-2H2;1H2. The van der Waals surface area contributed by atoms with Gasteiger partial charge in [-0.05, 0) is 87.1 Å². The summed E-state index contributed by atoms with van der Waals surface area (Å²) in [4.78, 5) is 26.7. The van der Waals surface area contributed by atoms with Crippen LogP contribution in [0, 0.1) is 0 Å². The highest BCUT2D eigenvalue weighted by atomic mass is 35.5. The Morgan fingerprint density at radius 3 is 1.63 bits per heavy atom. The fourth-order valence-electron chi connectivity index (χ4n) is 6.43. The lowest BCUT2D eigenvalue weighted by molar-refractivity contribution is -0.0370. The van der Waals surface area contributed by atoms with Gasteiger partial charge in [0.15, 0.2) is 12.5 Å². The molecule has 0 radical (unpaired) electrons. The number of benzene rings is 3. The Bertz CT molecular complexity index is 1900. The number of ether oxygens (including phenoxy) is 2. The van der Waals surface area contributed by atoms with Gasteiger partial charge in [-0.2, -0.15) is 10.2 Å². The molecule has 2 unspecified atom stereocenters. The van der Waals surface area contributed by atoms with Crippen LogP contribution in [0.3, 0.4) is 0 Å². The number of hydrazine groups is 1. The molecule has 0 bridgehead atoms. The van der Waals surface area contributed by atoms with Gasteiger partial charge < -0.3 is 20.7 Å². The maximum absolute atomic E-state index is 12.7. The Balaban J connectivity index is 0.000000193. The van der Waals surface area contributed by atoms with Crippen molar-refractivity contribution in [1.82, 2.24) is 24.5 Å². The molecule has 8 N–H and O–H groups in total. The molecule has 3 aliphatic heterocycles. The second-order valence-corrected chi connectivity index (χ2v) is 12.6. The number of imide groups is 1. The molecule has 49 heavy (non-hydrogen) atoms. The van der Waals surface area contributed by atoms with E-state index in [2.05, 4.69) is 16.8 Å². The van der Waals surface area contributed by atoms with Crippen molar-refractivity contribution in [3.63, 3.8) is 0 Å². The van der Waals surface area contributed by atoms with Crippen molar-refractivity contribution in [2.24, 2.45) is 17.4 Å². The predicted octanol–water partition coefficient (Wildman–Crippen LogP) is 5.03. The molecule has 15 heteroatoms. The number of halogens is 2. The van der Waals surface area contributed by atoms with Crippen molar-refractivity contribution >= 4 is 56.8 Å². The third kappa shape index (κ3) is 7.35. The first-order chi connectivity index (χ1) is 23.4.